The Labute approximate surface area is 91.6 Å². The first kappa shape index (κ1) is 9.85. The second-order valence-electron chi connectivity index (χ2n) is 3.97. The van der Waals surface area contributed by atoms with Crippen LogP contribution >= 0.6 is 0 Å². The monoisotopic (exact) mass is 195 g/mol. The first-order valence-electron chi connectivity index (χ1n) is 5.22. The maximum absolute atomic E-state index is 2.19. The van der Waals surface area contributed by atoms with Crippen LogP contribution in [0.3, 0.4) is 0 Å². The molecule has 0 radical (unpaired) electrons. The highest BCUT2D eigenvalue weighted by atomic mass is 14.0. The molecule has 0 atom stereocenters. The van der Waals surface area contributed by atoms with Crippen LogP contribution in [0.4, 0.5) is 0 Å². The summed E-state index contributed by atoms with van der Waals surface area (Å²) in [4.78, 5) is 0. The van der Waals surface area contributed by atoms with Gasteiger partial charge >= 0.3 is 0 Å². The van der Waals surface area contributed by atoms with Crippen molar-refractivity contribution < 1.29 is 0 Å². The van der Waals surface area contributed by atoms with Gasteiger partial charge < -0.3 is 0 Å². The zero-order valence-electron chi connectivity index (χ0n) is 9.20. The fraction of sp³-hybridized carbons (Fsp3) is 0.133. The first-order valence-corrected chi connectivity index (χ1v) is 5.22. The lowest BCUT2D eigenvalue weighted by Crippen LogP contribution is -1.85. The normalized spacial score (nSPS) is 10.0. The van der Waals surface area contributed by atoms with Crippen LogP contribution < -0.4 is 0 Å². The zero-order chi connectivity index (χ0) is 10.7. The van der Waals surface area contributed by atoms with Crippen molar-refractivity contribution in [2.75, 3.05) is 0 Å². The molecule has 0 fully saturated rings. The molecule has 0 amide bonds. The van der Waals surface area contributed by atoms with E-state index in [4.69, 9.17) is 0 Å². The highest BCUT2D eigenvalue weighted by molar-refractivity contribution is 5.38. The molecule has 2 aromatic rings. The van der Waals surface area contributed by atoms with Gasteiger partial charge in [-0.3, -0.25) is 0 Å². The van der Waals surface area contributed by atoms with Crippen LogP contribution in [0.1, 0.15) is 22.3 Å². The highest BCUT2D eigenvalue weighted by Crippen LogP contribution is 2.13. The van der Waals surface area contributed by atoms with E-state index in [0.717, 1.165) is 0 Å². The van der Waals surface area contributed by atoms with E-state index >= 15 is 0 Å². The van der Waals surface area contributed by atoms with E-state index in [1.54, 1.807) is 0 Å². The minimum Gasteiger partial charge on any atom is -0.126 e. The molecule has 0 aliphatic carbocycles. The Morgan fingerprint density at radius 2 is 0.933 bits per heavy atom. The smallest absolute Gasteiger partial charge is 0.0410 e. The Hall–Kier alpha value is -1.69. The summed E-state index contributed by atoms with van der Waals surface area (Å²) >= 11 is 0. The predicted octanol–water partition coefficient (Wildman–Crippen LogP) is 3.90. The van der Waals surface area contributed by atoms with Gasteiger partial charge in [0, 0.05) is 0 Å². The molecule has 0 saturated carbocycles. The van der Waals surface area contributed by atoms with Crippen molar-refractivity contribution in [1.29, 1.82) is 0 Å². The molecule has 76 valence electrons. The van der Waals surface area contributed by atoms with Gasteiger partial charge in [-0.2, -0.15) is 0 Å². The van der Waals surface area contributed by atoms with Crippen LogP contribution in [-0.2, 0) is 0 Å². The molecule has 0 heterocycles. The van der Waals surface area contributed by atoms with E-state index < -0.39 is 0 Å². The van der Waals surface area contributed by atoms with E-state index in [1.807, 2.05) is 0 Å². The number of hydrogen-bond acceptors (Lipinski definition) is 0. The molecule has 2 aromatic carbocycles. The molecule has 0 heteroatoms. The lowest BCUT2D eigenvalue weighted by Gasteiger charge is -2.10. The van der Waals surface area contributed by atoms with Gasteiger partial charge in [-0.15, -0.1) is 41.8 Å². The Kier molecular flexibility index (Phi) is 2.77. The van der Waals surface area contributed by atoms with Crippen LogP contribution in [0.15, 0.2) is 48.5 Å². The van der Waals surface area contributed by atoms with Gasteiger partial charge in [0.05, 0.1) is 0 Å². The molecule has 0 spiro atoms. The zero-order valence-corrected chi connectivity index (χ0v) is 9.20. The molecule has 0 aliphatic heterocycles. The minimum atomic E-state index is 1.25. The number of benzene rings is 2. The SMILES string of the molecule is Cc1ccc([CH-]c2ccc(C)cc2)cc1. The van der Waals surface area contributed by atoms with Crippen molar-refractivity contribution in [3.05, 3.63) is 77.2 Å². The van der Waals surface area contributed by atoms with Crippen molar-refractivity contribution in [3.63, 3.8) is 0 Å². The lowest BCUT2D eigenvalue weighted by molar-refractivity contribution is 1.37. The number of aryl methyl sites for hydroxylation is 2. The van der Waals surface area contributed by atoms with Crippen molar-refractivity contribution in [2.24, 2.45) is 0 Å². The van der Waals surface area contributed by atoms with Crippen LogP contribution in [0, 0.1) is 20.3 Å². The quantitative estimate of drug-likeness (QED) is 0.637. The summed E-state index contributed by atoms with van der Waals surface area (Å²) in [5.74, 6) is 0. The predicted molar refractivity (Wildman–Crippen MR) is 64.9 cm³/mol. The van der Waals surface area contributed by atoms with Crippen LogP contribution in [0.2, 0.25) is 0 Å². The largest absolute Gasteiger partial charge is 0.126 e. The average molecular weight is 195 g/mol. The topological polar surface area (TPSA) is 0 Å². The maximum Gasteiger partial charge on any atom is -0.0410 e. The van der Waals surface area contributed by atoms with Crippen molar-refractivity contribution in [2.45, 2.75) is 13.8 Å². The number of rotatable bonds is 2. The second kappa shape index (κ2) is 4.22. The van der Waals surface area contributed by atoms with Crippen LogP contribution in [-0.4, -0.2) is 0 Å². The molecule has 0 unspecified atom stereocenters. The summed E-state index contributed by atoms with van der Waals surface area (Å²) < 4.78 is 0. The third kappa shape index (κ3) is 2.63. The first-order chi connectivity index (χ1) is 7.24. The summed E-state index contributed by atoms with van der Waals surface area (Å²) in [6.45, 7) is 4.21. The Morgan fingerprint density at radius 3 is 1.27 bits per heavy atom. The van der Waals surface area contributed by atoms with E-state index in [2.05, 4.69) is 68.8 Å². The number of hydrogen-bond donors (Lipinski definition) is 0. The molecule has 0 aliphatic rings. The molecule has 2 rings (SSSR count). The van der Waals surface area contributed by atoms with Crippen molar-refractivity contribution >= 4 is 0 Å². The van der Waals surface area contributed by atoms with E-state index in [1.165, 1.54) is 22.3 Å². The Morgan fingerprint density at radius 1 is 0.600 bits per heavy atom. The standard InChI is InChI=1S/C15H15/c1-12-3-7-14(8-4-12)11-15-9-5-13(2)6-10-15/h3-11H,1-2H3/q-1. The Bertz CT molecular complexity index is 377. The third-order valence-corrected chi connectivity index (χ3v) is 2.49. The lowest BCUT2D eigenvalue weighted by atomic mass is 10.0. The fourth-order valence-electron chi connectivity index (χ4n) is 1.52. The molecule has 0 nitrogen and oxygen atoms in total. The van der Waals surface area contributed by atoms with Crippen LogP contribution in [0.5, 0.6) is 0 Å². The summed E-state index contributed by atoms with van der Waals surface area (Å²) in [7, 11) is 0. The minimum absolute atomic E-state index is 1.25. The second-order valence-corrected chi connectivity index (χ2v) is 3.97. The van der Waals surface area contributed by atoms with Crippen molar-refractivity contribution in [3.8, 4) is 0 Å². The third-order valence-electron chi connectivity index (χ3n) is 2.49. The highest BCUT2D eigenvalue weighted by Gasteiger charge is 1.88. The molecule has 15 heavy (non-hydrogen) atoms. The van der Waals surface area contributed by atoms with Gasteiger partial charge in [-0.25, -0.2) is 0 Å². The molecule has 0 aromatic heterocycles. The van der Waals surface area contributed by atoms with Crippen LogP contribution in [0.25, 0.3) is 0 Å². The van der Waals surface area contributed by atoms with E-state index in [-0.39, 0.29) is 0 Å². The van der Waals surface area contributed by atoms with Gasteiger partial charge in [0.2, 0.25) is 0 Å². The van der Waals surface area contributed by atoms with Gasteiger partial charge in [0.15, 0.2) is 0 Å². The van der Waals surface area contributed by atoms with Crippen molar-refractivity contribution in [1.82, 2.24) is 0 Å². The molecular formula is C15H15-. The van der Waals surface area contributed by atoms with Gasteiger partial charge in [-0.05, 0) is 13.8 Å². The van der Waals surface area contributed by atoms with E-state index in [9.17, 15) is 0 Å². The summed E-state index contributed by atoms with van der Waals surface area (Å²) in [5, 5.41) is 0. The maximum atomic E-state index is 2.19. The fourth-order valence-corrected chi connectivity index (χ4v) is 1.52. The molecular weight excluding hydrogens is 180 g/mol. The molecule has 0 saturated heterocycles. The van der Waals surface area contributed by atoms with E-state index in [0.29, 0.717) is 0 Å². The van der Waals surface area contributed by atoms with Gasteiger partial charge in [-0.1, -0.05) is 35.4 Å². The van der Waals surface area contributed by atoms with Gasteiger partial charge in [0.1, 0.15) is 0 Å². The Balaban J connectivity index is 2.15. The summed E-state index contributed by atoms with van der Waals surface area (Å²) in [6, 6.07) is 17.1. The average Bonchev–Trinajstić information content (AvgIpc) is 2.25. The molecule has 0 N–H and O–H groups in total. The summed E-state index contributed by atoms with van der Waals surface area (Å²) in [6.07, 6.45) is 2.19. The van der Waals surface area contributed by atoms with Gasteiger partial charge in [0.25, 0.3) is 0 Å². The summed E-state index contributed by atoms with van der Waals surface area (Å²) in [5.41, 5.74) is 5.11. The molecule has 0 bridgehead atoms.